The van der Waals surface area contributed by atoms with Gasteiger partial charge in [-0.2, -0.15) is 5.10 Å². The van der Waals surface area contributed by atoms with E-state index < -0.39 is 0 Å². The smallest absolute Gasteiger partial charge is 0.161 e. The first-order valence-electron chi connectivity index (χ1n) is 7.30. The van der Waals surface area contributed by atoms with Crippen LogP contribution in [0.5, 0.6) is 5.75 Å². The molecule has 2 unspecified atom stereocenters. The molecule has 4 nitrogen and oxygen atoms in total. The van der Waals surface area contributed by atoms with Crippen molar-refractivity contribution in [1.29, 1.82) is 0 Å². The van der Waals surface area contributed by atoms with Gasteiger partial charge in [0.1, 0.15) is 0 Å². The molecule has 2 atom stereocenters. The first-order valence-corrected chi connectivity index (χ1v) is 7.30. The number of nitrogens with one attached hydrogen (secondary N) is 1. The first-order chi connectivity index (χ1) is 9.01. The molecule has 19 heavy (non-hydrogen) atoms. The zero-order valence-corrected chi connectivity index (χ0v) is 12.9. The molecule has 1 N–H and O–H groups in total. The number of nitrogens with zero attached hydrogens (tertiary/aromatic N) is 2. The minimum Gasteiger partial charge on any atom is -0.493 e. The minimum absolute atomic E-state index is 0.324. The van der Waals surface area contributed by atoms with E-state index in [-0.39, 0.29) is 0 Å². The van der Waals surface area contributed by atoms with Crippen LogP contribution in [0.2, 0.25) is 0 Å². The van der Waals surface area contributed by atoms with E-state index >= 15 is 0 Å². The fourth-order valence-electron chi connectivity index (χ4n) is 3.56. The Morgan fingerprint density at radius 3 is 2.84 bits per heavy atom. The van der Waals surface area contributed by atoms with E-state index in [1.807, 2.05) is 17.9 Å². The summed E-state index contributed by atoms with van der Waals surface area (Å²) in [6.45, 7) is 7.90. The van der Waals surface area contributed by atoms with Crippen molar-refractivity contribution in [2.75, 3.05) is 13.7 Å². The molecule has 0 amide bonds. The third-order valence-electron chi connectivity index (χ3n) is 4.63. The van der Waals surface area contributed by atoms with Crippen molar-refractivity contribution in [3.05, 3.63) is 11.9 Å². The summed E-state index contributed by atoms with van der Waals surface area (Å²) < 4.78 is 7.46. The SMILES string of the molecule is CCNC(c1c(OC)cnn1C)C1CCCC1(C)C. The Bertz CT molecular complexity index is 425. The van der Waals surface area contributed by atoms with E-state index in [1.165, 1.54) is 25.0 Å². The number of rotatable bonds is 5. The van der Waals surface area contributed by atoms with Crippen molar-refractivity contribution in [1.82, 2.24) is 15.1 Å². The van der Waals surface area contributed by atoms with Gasteiger partial charge in [-0.1, -0.05) is 27.2 Å². The van der Waals surface area contributed by atoms with Crippen LogP contribution in [0.15, 0.2) is 6.20 Å². The van der Waals surface area contributed by atoms with E-state index in [4.69, 9.17) is 4.74 Å². The van der Waals surface area contributed by atoms with E-state index in [1.54, 1.807) is 7.11 Å². The zero-order valence-electron chi connectivity index (χ0n) is 12.9. The molecule has 0 aliphatic heterocycles. The standard InChI is InChI=1S/C15H27N3O/c1-6-16-13(11-8-7-9-15(11,2)3)14-12(19-5)10-17-18(14)4/h10-11,13,16H,6-9H2,1-5H3. The zero-order chi connectivity index (χ0) is 14.0. The molecular weight excluding hydrogens is 238 g/mol. The number of hydrogen-bond donors (Lipinski definition) is 1. The van der Waals surface area contributed by atoms with Crippen LogP contribution in [0.3, 0.4) is 0 Å². The number of methoxy groups -OCH3 is 1. The normalized spacial score (nSPS) is 23.5. The molecule has 4 heteroatoms. The Kier molecular flexibility index (Phi) is 4.19. The Hall–Kier alpha value is -1.03. The highest BCUT2D eigenvalue weighted by atomic mass is 16.5. The maximum atomic E-state index is 5.50. The number of hydrogen-bond acceptors (Lipinski definition) is 3. The van der Waals surface area contributed by atoms with Gasteiger partial charge in [-0.15, -0.1) is 0 Å². The van der Waals surface area contributed by atoms with Crippen LogP contribution in [-0.4, -0.2) is 23.4 Å². The van der Waals surface area contributed by atoms with Gasteiger partial charge < -0.3 is 10.1 Å². The summed E-state index contributed by atoms with van der Waals surface area (Å²) in [5.74, 6) is 1.54. The molecule has 0 saturated heterocycles. The van der Waals surface area contributed by atoms with Gasteiger partial charge in [0, 0.05) is 7.05 Å². The lowest BCUT2D eigenvalue weighted by molar-refractivity contribution is 0.191. The van der Waals surface area contributed by atoms with Crippen molar-refractivity contribution in [2.45, 2.75) is 46.1 Å². The van der Waals surface area contributed by atoms with E-state index in [2.05, 4.69) is 31.2 Å². The van der Waals surface area contributed by atoms with Gasteiger partial charge in [-0.05, 0) is 30.7 Å². The second-order valence-corrected chi connectivity index (χ2v) is 6.24. The van der Waals surface area contributed by atoms with Crippen LogP contribution in [0.25, 0.3) is 0 Å². The summed E-state index contributed by atoms with van der Waals surface area (Å²) in [5.41, 5.74) is 1.56. The number of aryl methyl sites for hydroxylation is 1. The number of aromatic nitrogens is 2. The van der Waals surface area contributed by atoms with E-state index in [0.717, 1.165) is 12.3 Å². The number of ether oxygens (including phenoxy) is 1. The first kappa shape index (κ1) is 14.4. The van der Waals surface area contributed by atoms with Gasteiger partial charge in [0.2, 0.25) is 0 Å². The molecule has 108 valence electrons. The lowest BCUT2D eigenvalue weighted by atomic mass is 9.76. The van der Waals surface area contributed by atoms with Crippen LogP contribution in [0.1, 0.15) is 51.8 Å². The van der Waals surface area contributed by atoms with Gasteiger partial charge in [0.05, 0.1) is 25.0 Å². The molecule has 1 fully saturated rings. The molecule has 1 aromatic heterocycles. The van der Waals surface area contributed by atoms with Crippen molar-refractivity contribution in [2.24, 2.45) is 18.4 Å². The van der Waals surface area contributed by atoms with Crippen LogP contribution in [-0.2, 0) is 7.05 Å². The summed E-state index contributed by atoms with van der Waals surface area (Å²) in [6, 6.07) is 0.324. The Balaban J connectivity index is 2.37. The highest BCUT2D eigenvalue weighted by Crippen LogP contribution is 2.49. The van der Waals surface area contributed by atoms with Crippen molar-refractivity contribution in [3.8, 4) is 5.75 Å². The van der Waals surface area contributed by atoms with Crippen molar-refractivity contribution < 1.29 is 4.74 Å². The second kappa shape index (κ2) is 5.53. The van der Waals surface area contributed by atoms with Crippen molar-refractivity contribution >= 4 is 0 Å². The predicted molar refractivity (Wildman–Crippen MR) is 77.3 cm³/mol. The Morgan fingerprint density at radius 2 is 2.32 bits per heavy atom. The predicted octanol–water partition coefficient (Wildman–Crippen LogP) is 2.91. The van der Waals surface area contributed by atoms with Crippen LogP contribution < -0.4 is 10.1 Å². The van der Waals surface area contributed by atoms with Crippen LogP contribution in [0.4, 0.5) is 0 Å². The Labute approximate surface area is 116 Å². The fourth-order valence-corrected chi connectivity index (χ4v) is 3.56. The quantitative estimate of drug-likeness (QED) is 0.889. The Morgan fingerprint density at radius 1 is 1.58 bits per heavy atom. The summed E-state index contributed by atoms with van der Waals surface area (Å²) >= 11 is 0. The molecule has 1 saturated carbocycles. The summed E-state index contributed by atoms with van der Waals surface area (Å²) in [7, 11) is 3.73. The molecule has 1 aliphatic carbocycles. The monoisotopic (exact) mass is 265 g/mol. The average Bonchev–Trinajstić information content (AvgIpc) is 2.89. The third-order valence-corrected chi connectivity index (χ3v) is 4.63. The van der Waals surface area contributed by atoms with Gasteiger partial charge in [-0.3, -0.25) is 4.68 Å². The molecular formula is C15H27N3O. The molecule has 0 aromatic carbocycles. The molecule has 1 aromatic rings. The molecule has 0 spiro atoms. The second-order valence-electron chi connectivity index (χ2n) is 6.24. The molecule has 0 bridgehead atoms. The largest absolute Gasteiger partial charge is 0.493 e. The summed E-state index contributed by atoms with van der Waals surface area (Å²) in [5, 5.41) is 8.02. The van der Waals surface area contributed by atoms with Gasteiger partial charge in [0.15, 0.2) is 5.75 Å². The van der Waals surface area contributed by atoms with E-state index in [9.17, 15) is 0 Å². The summed E-state index contributed by atoms with van der Waals surface area (Å²) in [4.78, 5) is 0. The molecule has 2 rings (SSSR count). The summed E-state index contributed by atoms with van der Waals surface area (Å²) in [6.07, 6.45) is 5.72. The van der Waals surface area contributed by atoms with Crippen LogP contribution in [0, 0.1) is 11.3 Å². The third kappa shape index (κ3) is 2.64. The average molecular weight is 265 g/mol. The molecule has 1 aliphatic rings. The highest BCUT2D eigenvalue weighted by molar-refractivity contribution is 5.29. The van der Waals surface area contributed by atoms with Gasteiger partial charge in [-0.25, -0.2) is 0 Å². The van der Waals surface area contributed by atoms with Crippen LogP contribution >= 0.6 is 0 Å². The molecule has 0 radical (unpaired) electrons. The maximum absolute atomic E-state index is 5.50. The van der Waals surface area contributed by atoms with E-state index in [0.29, 0.717) is 17.4 Å². The van der Waals surface area contributed by atoms with Crippen molar-refractivity contribution in [3.63, 3.8) is 0 Å². The highest BCUT2D eigenvalue weighted by Gasteiger charge is 2.41. The van der Waals surface area contributed by atoms with Gasteiger partial charge in [0.25, 0.3) is 0 Å². The maximum Gasteiger partial charge on any atom is 0.161 e. The lowest BCUT2D eigenvalue weighted by Gasteiger charge is -2.35. The lowest BCUT2D eigenvalue weighted by Crippen LogP contribution is -2.35. The topological polar surface area (TPSA) is 39.1 Å². The minimum atomic E-state index is 0.324. The fraction of sp³-hybridized carbons (Fsp3) is 0.800. The molecule has 1 heterocycles. The van der Waals surface area contributed by atoms with Gasteiger partial charge >= 0.3 is 0 Å².